The number of aryl methyl sites for hydroxylation is 1. The summed E-state index contributed by atoms with van der Waals surface area (Å²) in [6.07, 6.45) is 1.67. The highest BCUT2D eigenvalue weighted by Crippen LogP contribution is 2.16. The number of anilines is 1. The van der Waals surface area contributed by atoms with Gasteiger partial charge >= 0.3 is 5.97 Å². The average Bonchev–Trinajstić information content (AvgIpc) is 2.48. The first-order valence-electron chi connectivity index (χ1n) is 4.70. The zero-order valence-corrected chi connectivity index (χ0v) is 8.46. The van der Waals surface area contributed by atoms with Gasteiger partial charge in [0.15, 0.2) is 5.82 Å². The van der Waals surface area contributed by atoms with Crippen molar-refractivity contribution in [2.24, 2.45) is 0 Å². The van der Waals surface area contributed by atoms with Gasteiger partial charge in [-0.15, -0.1) is 0 Å². The summed E-state index contributed by atoms with van der Waals surface area (Å²) in [6, 6.07) is 0. The SMILES string of the molecule is CCCc1[nH]nc(N)c1C(=O)OCC. The molecule has 0 saturated heterocycles. The fourth-order valence-electron chi connectivity index (χ4n) is 1.26. The second kappa shape index (κ2) is 4.64. The van der Waals surface area contributed by atoms with Crippen molar-refractivity contribution < 1.29 is 9.53 Å². The lowest BCUT2D eigenvalue weighted by Gasteiger charge is -2.02. The molecule has 3 N–H and O–H groups in total. The Labute approximate surface area is 82.6 Å². The first-order valence-corrected chi connectivity index (χ1v) is 4.70. The molecule has 5 nitrogen and oxygen atoms in total. The fraction of sp³-hybridized carbons (Fsp3) is 0.556. The van der Waals surface area contributed by atoms with E-state index in [0.29, 0.717) is 12.2 Å². The zero-order chi connectivity index (χ0) is 10.6. The zero-order valence-electron chi connectivity index (χ0n) is 8.46. The third-order valence-corrected chi connectivity index (χ3v) is 1.85. The van der Waals surface area contributed by atoms with Crippen LogP contribution in [0.25, 0.3) is 0 Å². The van der Waals surface area contributed by atoms with Gasteiger partial charge in [-0.2, -0.15) is 5.10 Å². The maximum atomic E-state index is 11.5. The lowest BCUT2D eigenvalue weighted by atomic mass is 10.1. The first kappa shape index (κ1) is 10.6. The van der Waals surface area contributed by atoms with Crippen LogP contribution in [0.1, 0.15) is 36.3 Å². The standard InChI is InChI=1S/C9H15N3O2/c1-3-5-6-7(8(10)12-11-6)9(13)14-4-2/h3-5H2,1-2H3,(H3,10,11,12). The second-order valence-electron chi connectivity index (χ2n) is 2.93. The molecular weight excluding hydrogens is 182 g/mol. The van der Waals surface area contributed by atoms with Gasteiger partial charge in [-0.3, -0.25) is 5.10 Å². The molecule has 0 aromatic carbocycles. The van der Waals surface area contributed by atoms with Crippen LogP contribution in [0.15, 0.2) is 0 Å². The van der Waals surface area contributed by atoms with Gasteiger partial charge in [-0.05, 0) is 13.3 Å². The predicted octanol–water partition coefficient (Wildman–Crippen LogP) is 1.12. The molecule has 0 aliphatic rings. The molecule has 0 radical (unpaired) electrons. The van der Waals surface area contributed by atoms with Gasteiger partial charge in [0.2, 0.25) is 0 Å². The van der Waals surface area contributed by atoms with Crippen LogP contribution in [-0.4, -0.2) is 22.8 Å². The third kappa shape index (κ3) is 2.04. The van der Waals surface area contributed by atoms with E-state index in [2.05, 4.69) is 10.2 Å². The number of H-pyrrole nitrogens is 1. The van der Waals surface area contributed by atoms with Gasteiger partial charge in [0.25, 0.3) is 0 Å². The molecule has 78 valence electrons. The topological polar surface area (TPSA) is 81.0 Å². The van der Waals surface area contributed by atoms with Crippen molar-refractivity contribution >= 4 is 11.8 Å². The number of carbonyl (C=O) groups excluding carboxylic acids is 1. The van der Waals surface area contributed by atoms with E-state index < -0.39 is 5.97 Å². The number of aromatic amines is 1. The Bertz CT molecular complexity index is 320. The molecule has 0 amide bonds. The lowest BCUT2D eigenvalue weighted by Crippen LogP contribution is -2.09. The molecule has 1 heterocycles. The van der Waals surface area contributed by atoms with E-state index in [1.807, 2.05) is 6.92 Å². The minimum atomic E-state index is -0.401. The number of esters is 1. The summed E-state index contributed by atoms with van der Waals surface area (Å²) < 4.78 is 4.88. The molecule has 0 aliphatic heterocycles. The van der Waals surface area contributed by atoms with Crippen molar-refractivity contribution in [1.82, 2.24) is 10.2 Å². The maximum absolute atomic E-state index is 11.5. The van der Waals surface area contributed by atoms with Crippen LogP contribution in [0.3, 0.4) is 0 Å². The highest BCUT2D eigenvalue weighted by atomic mass is 16.5. The quantitative estimate of drug-likeness (QED) is 0.709. The number of ether oxygens (including phenoxy) is 1. The number of rotatable bonds is 4. The molecular formula is C9H15N3O2. The molecule has 0 unspecified atom stereocenters. The van der Waals surface area contributed by atoms with Crippen molar-refractivity contribution in [2.45, 2.75) is 26.7 Å². The number of nitrogen functional groups attached to an aromatic ring is 1. The van der Waals surface area contributed by atoms with Crippen LogP contribution in [0.2, 0.25) is 0 Å². The van der Waals surface area contributed by atoms with E-state index in [0.717, 1.165) is 18.5 Å². The highest BCUT2D eigenvalue weighted by Gasteiger charge is 2.18. The van der Waals surface area contributed by atoms with Crippen molar-refractivity contribution in [3.63, 3.8) is 0 Å². The summed E-state index contributed by atoms with van der Waals surface area (Å²) in [4.78, 5) is 11.5. The number of nitrogens with one attached hydrogen (secondary N) is 1. The summed E-state index contributed by atoms with van der Waals surface area (Å²) in [5.74, 6) is -0.186. The molecule has 0 fully saturated rings. The van der Waals surface area contributed by atoms with Crippen LogP contribution >= 0.6 is 0 Å². The van der Waals surface area contributed by atoms with Crippen LogP contribution < -0.4 is 5.73 Å². The van der Waals surface area contributed by atoms with E-state index in [1.54, 1.807) is 6.92 Å². The van der Waals surface area contributed by atoms with Crippen molar-refractivity contribution in [3.05, 3.63) is 11.3 Å². The normalized spacial score (nSPS) is 10.1. The van der Waals surface area contributed by atoms with Crippen LogP contribution in [0, 0.1) is 0 Å². The summed E-state index contributed by atoms with van der Waals surface area (Å²) in [7, 11) is 0. The third-order valence-electron chi connectivity index (χ3n) is 1.85. The maximum Gasteiger partial charge on any atom is 0.343 e. The van der Waals surface area contributed by atoms with Gasteiger partial charge in [0, 0.05) is 0 Å². The number of hydrogen-bond acceptors (Lipinski definition) is 4. The van der Waals surface area contributed by atoms with E-state index in [-0.39, 0.29) is 5.82 Å². The molecule has 1 aromatic rings. The van der Waals surface area contributed by atoms with E-state index >= 15 is 0 Å². The first-order chi connectivity index (χ1) is 6.70. The fourth-order valence-corrected chi connectivity index (χ4v) is 1.26. The molecule has 1 rings (SSSR count). The number of hydrogen-bond donors (Lipinski definition) is 2. The summed E-state index contributed by atoms with van der Waals surface area (Å²) in [6.45, 7) is 4.12. The Morgan fingerprint density at radius 1 is 1.57 bits per heavy atom. The second-order valence-corrected chi connectivity index (χ2v) is 2.93. The number of nitrogens with two attached hydrogens (primary N) is 1. The van der Waals surface area contributed by atoms with Gasteiger partial charge in [-0.25, -0.2) is 4.79 Å². The minimum Gasteiger partial charge on any atom is -0.462 e. The van der Waals surface area contributed by atoms with Crippen LogP contribution in [0.4, 0.5) is 5.82 Å². The number of nitrogens with zero attached hydrogens (tertiary/aromatic N) is 1. The molecule has 5 heteroatoms. The monoisotopic (exact) mass is 197 g/mol. The molecule has 0 aliphatic carbocycles. The summed E-state index contributed by atoms with van der Waals surface area (Å²) in [5, 5.41) is 6.53. The molecule has 14 heavy (non-hydrogen) atoms. The van der Waals surface area contributed by atoms with Crippen molar-refractivity contribution in [1.29, 1.82) is 0 Å². The van der Waals surface area contributed by atoms with E-state index in [4.69, 9.17) is 10.5 Å². The minimum absolute atomic E-state index is 0.215. The van der Waals surface area contributed by atoms with E-state index in [9.17, 15) is 4.79 Å². The smallest absolute Gasteiger partial charge is 0.343 e. The molecule has 0 bridgehead atoms. The van der Waals surface area contributed by atoms with Crippen LogP contribution in [0.5, 0.6) is 0 Å². The van der Waals surface area contributed by atoms with Gasteiger partial charge < -0.3 is 10.5 Å². The Morgan fingerprint density at radius 2 is 2.29 bits per heavy atom. The Kier molecular flexibility index (Phi) is 3.50. The Hall–Kier alpha value is -1.52. The van der Waals surface area contributed by atoms with Crippen molar-refractivity contribution in [3.8, 4) is 0 Å². The predicted molar refractivity (Wildman–Crippen MR) is 53.0 cm³/mol. The van der Waals surface area contributed by atoms with Crippen molar-refractivity contribution in [2.75, 3.05) is 12.3 Å². The Morgan fingerprint density at radius 3 is 2.86 bits per heavy atom. The average molecular weight is 197 g/mol. The van der Waals surface area contributed by atoms with E-state index in [1.165, 1.54) is 0 Å². The lowest BCUT2D eigenvalue weighted by molar-refractivity contribution is 0.0526. The van der Waals surface area contributed by atoms with Gasteiger partial charge in [0.1, 0.15) is 5.56 Å². The van der Waals surface area contributed by atoms with Crippen LogP contribution in [-0.2, 0) is 11.2 Å². The Balaban J connectivity index is 2.92. The van der Waals surface area contributed by atoms with Gasteiger partial charge in [0.05, 0.1) is 12.3 Å². The molecule has 0 atom stereocenters. The highest BCUT2D eigenvalue weighted by molar-refractivity contribution is 5.95. The largest absolute Gasteiger partial charge is 0.462 e. The number of aromatic nitrogens is 2. The molecule has 0 spiro atoms. The summed E-state index contributed by atoms with van der Waals surface area (Å²) >= 11 is 0. The summed E-state index contributed by atoms with van der Waals surface area (Å²) in [5.41, 5.74) is 6.70. The number of carbonyl (C=O) groups is 1. The van der Waals surface area contributed by atoms with Gasteiger partial charge in [-0.1, -0.05) is 13.3 Å². The molecule has 1 aromatic heterocycles. The molecule has 0 saturated carbocycles.